The lowest BCUT2D eigenvalue weighted by atomic mass is 10.1. The normalized spacial score (nSPS) is 15.6. The van der Waals surface area contributed by atoms with Gasteiger partial charge in [-0.15, -0.1) is 0 Å². The average molecular weight is 767 g/mol. The van der Waals surface area contributed by atoms with Crippen molar-refractivity contribution in [3.8, 4) is 5.75 Å². The van der Waals surface area contributed by atoms with Crippen LogP contribution in [0.1, 0.15) is 51.0 Å². The number of aryl methyl sites for hydroxylation is 1. The minimum Gasteiger partial charge on any atom is -0.466 e. The summed E-state index contributed by atoms with van der Waals surface area (Å²) in [5.74, 6) is -0.328. The summed E-state index contributed by atoms with van der Waals surface area (Å²) in [7, 11) is -2.10. The maximum absolute atomic E-state index is 14.3. The first kappa shape index (κ1) is 36.0. The zero-order valence-electron chi connectivity index (χ0n) is 24.3. The largest absolute Gasteiger partial charge is 0.466 e. The summed E-state index contributed by atoms with van der Waals surface area (Å²) in [6, 6.07) is 9.58. The second-order valence-corrected chi connectivity index (χ2v) is 12.0. The summed E-state index contributed by atoms with van der Waals surface area (Å²) in [6.45, 7) is 5.14. The van der Waals surface area contributed by atoms with Gasteiger partial charge in [-0.2, -0.15) is 5.10 Å². The number of benzene rings is 1. The number of hydrogen-bond acceptors (Lipinski definition) is 12. The molecule has 0 saturated heterocycles. The summed E-state index contributed by atoms with van der Waals surface area (Å²) in [6.07, 6.45) is -1.08. The fourth-order valence-corrected chi connectivity index (χ4v) is 5.78. The van der Waals surface area contributed by atoms with Gasteiger partial charge in [-0.05, 0) is 66.4 Å². The average Bonchev–Trinajstić information content (AvgIpc) is 3.46. The summed E-state index contributed by atoms with van der Waals surface area (Å²) < 4.78 is 43.8. The second kappa shape index (κ2) is 17.9. The Balaban J connectivity index is 1.79. The van der Waals surface area contributed by atoms with Crippen LogP contribution in [-0.4, -0.2) is 68.2 Å². The Bertz CT molecular complexity index is 1370. The van der Waals surface area contributed by atoms with E-state index in [2.05, 4.69) is 51.2 Å². The van der Waals surface area contributed by atoms with Crippen LogP contribution >= 0.6 is 40.7 Å². The Morgan fingerprint density at radius 1 is 1.23 bits per heavy atom. The highest BCUT2D eigenvalue weighted by molar-refractivity contribution is 9.09. The van der Waals surface area contributed by atoms with E-state index in [0.29, 0.717) is 35.6 Å². The maximum Gasteiger partial charge on any atom is 0.334 e. The van der Waals surface area contributed by atoms with E-state index in [4.69, 9.17) is 24.3 Å². The Morgan fingerprint density at radius 3 is 2.68 bits per heavy atom. The van der Waals surface area contributed by atoms with Crippen LogP contribution in [0.15, 0.2) is 42.7 Å². The molecule has 2 aromatic heterocycles. The van der Waals surface area contributed by atoms with E-state index in [1.54, 1.807) is 47.8 Å². The Labute approximate surface area is 272 Å². The molecule has 0 aliphatic heterocycles. The first-order chi connectivity index (χ1) is 21.0. The van der Waals surface area contributed by atoms with Crippen LogP contribution in [0.2, 0.25) is 0 Å². The minimum atomic E-state index is -2.10. The number of aliphatic hydroxyl groups is 1. The van der Waals surface area contributed by atoms with Crippen LogP contribution in [0.3, 0.4) is 0 Å². The number of nitrogens with zero attached hydrogens (tertiary/aromatic N) is 3. The molecule has 44 heavy (non-hydrogen) atoms. The van der Waals surface area contributed by atoms with Gasteiger partial charge in [0.25, 0.3) is 0 Å². The Morgan fingerprint density at radius 2 is 1.98 bits per heavy atom. The minimum absolute atomic E-state index is 0.132. The predicted molar refractivity (Wildman–Crippen MR) is 168 cm³/mol. The number of para-hydroxylation sites is 1. The third-order valence-corrected chi connectivity index (χ3v) is 8.45. The Hall–Kier alpha value is -2.46. The highest BCUT2D eigenvalue weighted by atomic mass is 79.9. The van der Waals surface area contributed by atoms with Gasteiger partial charge in [-0.25, -0.2) is 23.8 Å². The molecule has 6 atom stereocenters. The fraction of sp³-hybridized carbons (Fsp3) is 0.481. The summed E-state index contributed by atoms with van der Waals surface area (Å²) in [4.78, 5) is 28.2. The van der Waals surface area contributed by atoms with Gasteiger partial charge >= 0.3 is 20.5 Å². The van der Waals surface area contributed by atoms with Crippen molar-refractivity contribution >= 4 is 64.0 Å². The number of anilines is 1. The molecular formula is C27H35Br2FN5O8P. The SMILES string of the molecule is CCCOC(=O)CCc1ccccc1OP(NC(C)C(=O)OBr)OCC(OC(C)c1ccc2c(N)ncnn12)C(O)C(F)Br. The van der Waals surface area contributed by atoms with E-state index in [9.17, 15) is 19.1 Å². The van der Waals surface area contributed by atoms with Crippen LogP contribution in [0.25, 0.3) is 5.52 Å². The number of aliphatic hydroxyl groups excluding tert-OH is 1. The molecule has 0 aliphatic rings. The van der Waals surface area contributed by atoms with E-state index in [1.165, 1.54) is 13.3 Å². The van der Waals surface area contributed by atoms with Crippen molar-refractivity contribution in [2.75, 3.05) is 18.9 Å². The summed E-state index contributed by atoms with van der Waals surface area (Å²) >= 11 is 5.45. The molecule has 3 rings (SSSR count). The second-order valence-electron chi connectivity index (χ2n) is 9.56. The van der Waals surface area contributed by atoms with Gasteiger partial charge < -0.3 is 33.2 Å². The van der Waals surface area contributed by atoms with Crippen LogP contribution in [0.4, 0.5) is 10.2 Å². The molecule has 0 amide bonds. The van der Waals surface area contributed by atoms with Crippen LogP contribution in [0.5, 0.6) is 5.75 Å². The van der Waals surface area contributed by atoms with Crippen molar-refractivity contribution in [2.45, 2.75) is 69.5 Å². The molecule has 0 aliphatic carbocycles. The summed E-state index contributed by atoms with van der Waals surface area (Å²) in [5.41, 5.74) is 7.76. The number of rotatable bonds is 18. The van der Waals surface area contributed by atoms with E-state index in [-0.39, 0.29) is 24.8 Å². The van der Waals surface area contributed by atoms with Gasteiger partial charge in [-0.1, -0.05) is 25.1 Å². The molecule has 242 valence electrons. The van der Waals surface area contributed by atoms with Gasteiger partial charge in [0.05, 0.1) is 25.0 Å². The number of fused-ring (bicyclic) bond motifs is 1. The number of ether oxygens (including phenoxy) is 2. The molecule has 0 saturated carbocycles. The molecule has 4 N–H and O–H groups in total. The molecular weight excluding hydrogens is 732 g/mol. The third kappa shape index (κ3) is 10.3. The lowest BCUT2D eigenvalue weighted by Crippen LogP contribution is -2.39. The number of aromatic nitrogens is 3. The van der Waals surface area contributed by atoms with Crippen molar-refractivity contribution in [1.82, 2.24) is 19.7 Å². The van der Waals surface area contributed by atoms with E-state index >= 15 is 0 Å². The van der Waals surface area contributed by atoms with Crippen molar-refractivity contribution in [1.29, 1.82) is 0 Å². The molecule has 0 bridgehead atoms. The molecule has 0 radical (unpaired) electrons. The van der Waals surface area contributed by atoms with E-state index in [1.807, 2.05) is 6.92 Å². The summed E-state index contributed by atoms with van der Waals surface area (Å²) in [5, 5.41) is 15.9. The molecule has 13 nitrogen and oxygen atoms in total. The topological polar surface area (TPSA) is 169 Å². The molecule has 2 heterocycles. The number of nitrogens with one attached hydrogen (secondary N) is 1. The molecule has 6 unspecified atom stereocenters. The first-order valence-corrected chi connectivity index (χ1v) is 16.4. The molecule has 3 aromatic rings. The van der Waals surface area contributed by atoms with Gasteiger partial charge in [0.1, 0.15) is 35.8 Å². The van der Waals surface area contributed by atoms with E-state index in [0.717, 1.165) is 6.42 Å². The monoisotopic (exact) mass is 765 g/mol. The number of nitrogen functional groups attached to an aromatic ring is 1. The lowest BCUT2D eigenvalue weighted by molar-refractivity contribution is -0.143. The number of esters is 1. The Kier molecular flexibility index (Phi) is 14.6. The van der Waals surface area contributed by atoms with Crippen LogP contribution in [-0.2, 0) is 33.8 Å². The first-order valence-electron chi connectivity index (χ1n) is 13.7. The zero-order valence-corrected chi connectivity index (χ0v) is 28.3. The van der Waals surface area contributed by atoms with Gasteiger partial charge in [0.15, 0.2) is 27.2 Å². The molecule has 0 fully saturated rings. The highest BCUT2D eigenvalue weighted by Gasteiger charge is 2.32. The lowest BCUT2D eigenvalue weighted by Gasteiger charge is -2.29. The highest BCUT2D eigenvalue weighted by Crippen LogP contribution is 2.39. The molecule has 0 spiro atoms. The maximum atomic E-state index is 14.3. The van der Waals surface area contributed by atoms with Gasteiger partial charge in [0.2, 0.25) is 0 Å². The van der Waals surface area contributed by atoms with Crippen molar-refractivity contribution in [3.05, 3.63) is 54.0 Å². The predicted octanol–water partition coefficient (Wildman–Crippen LogP) is 4.85. The smallest absolute Gasteiger partial charge is 0.334 e. The number of hydrogen-bond donors (Lipinski definition) is 3. The number of carbonyl (C=O) groups excluding carboxylic acids is 2. The number of nitrogens with two attached hydrogens (primary N) is 1. The van der Waals surface area contributed by atoms with Gasteiger partial charge in [-0.3, -0.25) is 4.79 Å². The van der Waals surface area contributed by atoms with Crippen molar-refractivity contribution in [2.24, 2.45) is 0 Å². The standard InChI is InChI=1S/C27H35Br2FN5O8P/c1-4-13-39-23(36)12-9-18-7-5-6-8-21(18)43-44(34-16(2)27(38)42-29)40-14-22(24(37)25(28)30)41-17(3)19-10-11-20-26(31)32-15-33-35(19)20/h5-8,10-11,15-17,22,24-25,34,37H,4,9,12-14H2,1-3H3,(H2,31,32,33). The molecule has 17 heteroatoms. The third-order valence-electron chi connectivity index (χ3n) is 6.25. The fourth-order valence-electron chi connectivity index (χ4n) is 3.92. The molecule has 1 aromatic carbocycles. The number of alkyl halides is 2. The van der Waals surface area contributed by atoms with Crippen LogP contribution in [0, 0.1) is 0 Å². The number of halogens is 3. The van der Waals surface area contributed by atoms with Gasteiger partial charge in [0, 0.05) is 6.42 Å². The quantitative estimate of drug-likeness (QED) is 0.0916. The van der Waals surface area contributed by atoms with Crippen LogP contribution < -0.4 is 15.3 Å². The zero-order chi connectivity index (χ0) is 32.2. The van der Waals surface area contributed by atoms with Crippen molar-refractivity contribution in [3.63, 3.8) is 0 Å². The van der Waals surface area contributed by atoms with Crippen molar-refractivity contribution < 1.29 is 41.4 Å². The number of carbonyl (C=O) groups is 2. The van der Waals surface area contributed by atoms with E-state index < -0.39 is 43.9 Å².